The maximum Gasteiger partial charge on any atom is 0.160 e. The van der Waals surface area contributed by atoms with Crippen LogP contribution in [0.25, 0.3) is 106 Å². The van der Waals surface area contributed by atoms with Crippen molar-refractivity contribution in [3.63, 3.8) is 0 Å². The molecule has 0 atom stereocenters. The van der Waals surface area contributed by atoms with Gasteiger partial charge < -0.3 is 4.57 Å². The Labute approximate surface area is 352 Å². The fourth-order valence-electron chi connectivity index (χ4n) is 8.90. The molecule has 0 aliphatic carbocycles. The van der Waals surface area contributed by atoms with Crippen LogP contribution in [0.3, 0.4) is 0 Å². The highest BCUT2D eigenvalue weighted by Gasteiger charge is 2.20. The maximum absolute atomic E-state index is 5.05. The summed E-state index contributed by atoms with van der Waals surface area (Å²) >= 11 is 1.87. The third kappa shape index (κ3) is 5.84. The summed E-state index contributed by atoms with van der Waals surface area (Å²) in [4.78, 5) is 12.7. The first-order valence-electron chi connectivity index (χ1n) is 20.3. The van der Waals surface area contributed by atoms with Crippen molar-refractivity contribution in [1.29, 1.82) is 0 Å². The summed E-state index contributed by atoms with van der Waals surface area (Å²) in [6.07, 6.45) is 0. The van der Waals surface area contributed by atoms with Crippen LogP contribution in [-0.2, 0) is 0 Å². The van der Waals surface area contributed by atoms with Crippen molar-refractivity contribution in [1.82, 2.24) is 14.5 Å². The van der Waals surface area contributed by atoms with Gasteiger partial charge in [0.15, 0.2) is 5.82 Å². The molecule has 0 amide bonds. The molecule has 4 heteroatoms. The first-order chi connectivity index (χ1) is 29.7. The fourth-order valence-corrected chi connectivity index (χ4v) is 10.0. The van der Waals surface area contributed by atoms with E-state index in [0.717, 1.165) is 44.9 Å². The van der Waals surface area contributed by atoms with Crippen LogP contribution in [0.5, 0.6) is 0 Å². The third-order valence-electron chi connectivity index (χ3n) is 11.8. The number of aromatic nitrogens is 3. The van der Waals surface area contributed by atoms with Gasteiger partial charge in [0.05, 0.1) is 22.4 Å². The monoisotopic (exact) mass is 781 g/mol. The Balaban J connectivity index is 0.908. The van der Waals surface area contributed by atoms with Gasteiger partial charge in [-0.15, -0.1) is 0 Å². The van der Waals surface area contributed by atoms with E-state index in [1.165, 1.54) is 64.6 Å². The van der Waals surface area contributed by atoms with Gasteiger partial charge in [-0.25, -0.2) is 9.97 Å². The largest absolute Gasteiger partial charge is 0.309 e. The van der Waals surface area contributed by atoms with Crippen molar-refractivity contribution in [2.75, 3.05) is 0 Å². The molecule has 0 unspecified atom stereocenters. The molecule has 0 fully saturated rings. The van der Waals surface area contributed by atoms with Crippen LogP contribution < -0.4 is 0 Å². The number of rotatable bonds is 6. The second kappa shape index (κ2) is 14.1. The molecule has 60 heavy (non-hydrogen) atoms. The summed E-state index contributed by atoms with van der Waals surface area (Å²) in [5, 5.41) is 5.13. The fraction of sp³-hybridized carbons (Fsp3) is 0. The van der Waals surface area contributed by atoms with Crippen LogP contribution in [0.1, 0.15) is 0 Å². The van der Waals surface area contributed by atoms with Gasteiger partial charge in [0.2, 0.25) is 0 Å². The Morgan fingerprint density at radius 3 is 1.77 bits per heavy atom. The van der Waals surface area contributed by atoms with Gasteiger partial charge in [-0.2, -0.15) is 0 Å². The lowest BCUT2D eigenvalue weighted by Crippen LogP contribution is -1.96. The molecule has 12 rings (SSSR count). The summed E-state index contributed by atoms with van der Waals surface area (Å²) < 4.78 is 2.41. The van der Waals surface area contributed by atoms with E-state index < -0.39 is 0 Å². The van der Waals surface area contributed by atoms with Gasteiger partial charge in [0.25, 0.3) is 0 Å². The first kappa shape index (κ1) is 34.5. The van der Waals surface area contributed by atoms with Crippen LogP contribution in [0.2, 0.25) is 0 Å². The van der Waals surface area contributed by atoms with Crippen molar-refractivity contribution >= 4 is 44.3 Å². The highest BCUT2D eigenvalue weighted by Crippen LogP contribution is 2.49. The predicted molar refractivity (Wildman–Crippen MR) is 251 cm³/mol. The highest BCUT2D eigenvalue weighted by molar-refractivity contribution is 7.99. The van der Waals surface area contributed by atoms with Crippen LogP contribution in [0, 0.1) is 0 Å². The lowest BCUT2D eigenvalue weighted by molar-refractivity contribution is 1.18. The molecule has 0 N–H and O–H groups in total. The van der Waals surface area contributed by atoms with Gasteiger partial charge in [0, 0.05) is 48.3 Å². The minimum atomic E-state index is 0.716. The summed E-state index contributed by atoms with van der Waals surface area (Å²) in [6.45, 7) is 0. The van der Waals surface area contributed by atoms with Crippen molar-refractivity contribution < 1.29 is 0 Å². The summed E-state index contributed by atoms with van der Waals surface area (Å²) in [6, 6.07) is 76.3. The Morgan fingerprint density at radius 2 is 0.950 bits per heavy atom. The van der Waals surface area contributed by atoms with Crippen molar-refractivity contribution in [2.45, 2.75) is 9.79 Å². The number of hydrogen-bond acceptors (Lipinski definition) is 3. The average Bonchev–Trinajstić information content (AvgIpc) is 3.66. The molecule has 280 valence electrons. The topological polar surface area (TPSA) is 30.7 Å². The molecule has 0 spiro atoms. The van der Waals surface area contributed by atoms with Crippen LogP contribution in [-0.4, -0.2) is 14.5 Å². The molecule has 3 heterocycles. The molecule has 3 nitrogen and oxygen atoms in total. The van der Waals surface area contributed by atoms with Crippen molar-refractivity contribution in [3.8, 4) is 73.0 Å². The summed E-state index contributed by atoms with van der Waals surface area (Å²) in [7, 11) is 0. The normalized spacial score (nSPS) is 11.9. The molecule has 2 aromatic heterocycles. The zero-order valence-electron chi connectivity index (χ0n) is 32.5. The number of nitrogens with zero attached hydrogens (tertiary/aromatic N) is 3. The number of hydrogen-bond donors (Lipinski definition) is 0. The molecular weight excluding hydrogens is 747 g/mol. The van der Waals surface area contributed by atoms with E-state index >= 15 is 0 Å². The van der Waals surface area contributed by atoms with E-state index in [1.54, 1.807) is 0 Å². The third-order valence-corrected chi connectivity index (χ3v) is 12.9. The molecule has 0 bridgehead atoms. The Bertz CT molecular complexity index is 3380. The van der Waals surface area contributed by atoms with Crippen molar-refractivity contribution in [3.05, 3.63) is 212 Å². The van der Waals surface area contributed by atoms with Gasteiger partial charge in [-0.05, 0) is 93.4 Å². The van der Waals surface area contributed by atoms with E-state index in [-0.39, 0.29) is 0 Å². The van der Waals surface area contributed by atoms with Gasteiger partial charge >= 0.3 is 0 Å². The Kier molecular flexibility index (Phi) is 8.10. The zero-order chi connectivity index (χ0) is 39.6. The standard InChI is InChI=1S/C56H35N3S/c1-3-12-37(13-4-1)49-35-50(58-56(57-49)40-14-5-2-6-15-40)38-26-24-36(25-27-38)41-18-9-19-44(32-41)59-51-22-8-7-20-45(51)47-33-42(28-30-52(47)59)43-29-31-53-48(34-43)46-21-10-16-39-17-11-23-54(60-53)55(39)46/h1-35H. The Hall–Kier alpha value is -7.53. The van der Waals surface area contributed by atoms with Crippen LogP contribution in [0.15, 0.2) is 222 Å². The molecule has 9 aromatic carbocycles. The van der Waals surface area contributed by atoms with E-state index in [1.807, 2.05) is 48.2 Å². The maximum atomic E-state index is 5.05. The lowest BCUT2D eigenvalue weighted by atomic mass is 9.94. The van der Waals surface area contributed by atoms with Gasteiger partial charge in [-0.1, -0.05) is 169 Å². The van der Waals surface area contributed by atoms with E-state index in [9.17, 15) is 0 Å². The number of benzene rings is 9. The van der Waals surface area contributed by atoms with E-state index in [0.29, 0.717) is 5.82 Å². The smallest absolute Gasteiger partial charge is 0.160 e. The number of fused-ring (bicyclic) bond motifs is 5. The van der Waals surface area contributed by atoms with E-state index in [2.05, 4.69) is 180 Å². The molecule has 0 saturated heterocycles. The molecule has 0 radical (unpaired) electrons. The molecule has 0 saturated carbocycles. The number of para-hydroxylation sites is 1. The van der Waals surface area contributed by atoms with Crippen molar-refractivity contribution in [2.24, 2.45) is 0 Å². The minimum Gasteiger partial charge on any atom is -0.309 e. The highest BCUT2D eigenvalue weighted by atomic mass is 32.2. The van der Waals surface area contributed by atoms with Gasteiger partial charge in [-0.3, -0.25) is 0 Å². The van der Waals surface area contributed by atoms with Crippen LogP contribution >= 0.6 is 11.8 Å². The van der Waals surface area contributed by atoms with E-state index in [4.69, 9.17) is 9.97 Å². The lowest BCUT2D eigenvalue weighted by Gasteiger charge is -2.21. The second-order valence-electron chi connectivity index (χ2n) is 15.4. The van der Waals surface area contributed by atoms with Gasteiger partial charge in [0.1, 0.15) is 0 Å². The average molecular weight is 782 g/mol. The second-order valence-corrected chi connectivity index (χ2v) is 16.5. The first-order valence-corrected chi connectivity index (χ1v) is 21.1. The summed E-state index contributed by atoms with van der Waals surface area (Å²) in [5.41, 5.74) is 15.8. The quantitative estimate of drug-likeness (QED) is 0.168. The molecule has 11 aromatic rings. The molecule has 1 aliphatic heterocycles. The zero-order valence-corrected chi connectivity index (χ0v) is 33.3. The Morgan fingerprint density at radius 1 is 0.350 bits per heavy atom. The molecule has 1 aliphatic rings. The SMILES string of the molecule is c1ccc(-c2cc(-c3ccc(-c4cccc(-n5c6ccccc6c6cc(-c7ccc8c(c7)-c7cccc9cccc(c79)S8)ccc65)c4)cc3)nc(-c3ccccc3)n2)cc1. The predicted octanol–water partition coefficient (Wildman–Crippen LogP) is 15.2. The van der Waals surface area contributed by atoms with Crippen LogP contribution in [0.4, 0.5) is 0 Å². The summed E-state index contributed by atoms with van der Waals surface area (Å²) in [5.74, 6) is 0.716. The minimum absolute atomic E-state index is 0.716. The molecular formula is C56H35N3S.